The van der Waals surface area contributed by atoms with Crippen molar-refractivity contribution < 1.29 is 9.21 Å². The van der Waals surface area contributed by atoms with E-state index in [0.717, 1.165) is 37.4 Å². The van der Waals surface area contributed by atoms with Gasteiger partial charge in [0.05, 0.1) is 6.20 Å². The van der Waals surface area contributed by atoms with Crippen LogP contribution in [0.2, 0.25) is 0 Å². The number of carbonyl (C=O) groups is 1. The lowest BCUT2D eigenvalue weighted by atomic mass is 10.2. The number of aryl methyl sites for hydroxylation is 1. The van der Waals surface area contributed by atoms with Crippen LogP contribution in [0.1, 0.15) is 24.3 Å². The molecule has 1 unspecified atom stereocenters. The third-order valence-corrected chi connectivity index (χ3v) is 5.06. The number of hydrogen-bond donors (Lipinski definition) is 1. The summed E-state index contributed by atoms with van der Waals surface area (Å²) < 4.78 is 5.77. The Morgan fingerprint density at radius 3 is 2.64 bits per heavy atom. The molecule has 4 rings (SSSR count). The van der Waals surface area contributed by atoms with Gasteiger partial charge in [0.15, 0.2) is 11.7 Å². The monoisotopic (exact) mass is 375 g/mol. The molecule has 5 heteroatoms. The highest BCUT2D eigenvalue weighted by molar-refractivity contribution is 5.76. The number of oxazole rings is 1. The van der Waals surface area contributed by atoms with Gasteiger partial charge in [-0.1, -0.05) is 60.7 Å². The van der Waals surface area contributed by atoms with Crippen LogP contribution in [0.25, 0.3) is 11.3 Å². The molecule has 1 aliphatic heterocycles. The summed E-state index contributed by atoms with van der Waals surface area (Å²) in [6.07, 6.45) is 3.62. The lowest BCUT2D eigenvalue weighted by molar-refractivity contribution is -0.121. The van der Waals surface area contributed by atoms with Crippen molar-refractivity contribution >= 4 is 5.91 Å². The Morgan fingerprint density at radius 2 is 1.86 bits per heavy atom. The van der Waals surface area contributed by atoms with Crippen LogP contribution < -0.4 is 5.32 Å². The van der Waals surface area contributed by atoms with E-state index in [1.807, 2.05) is 36.4 Å². The van der Waals surface area contributed by atoms with E-state index in [1.165, 1.54) is 5.56 Å². The van der Waals surface area contributed by atoms with Gasteiger partial charge in [-0.3, -0.25) is 9.69 Å². The molecule has 1 fully saturated rings. The van der Waals surface area contributed by atoms with E-state index in [0.29, 0.717) is 18.7 Å². The Balaban J connectivity index is 1.22. The van der Waals surface area contributed by atoms with Crippen LogP contribution in [-0.4, -0.2) is 34.9 Å². The molecule has 144 valence electrons. The Labute approximate surface area is 165 Å². The van der Waals surface area contributed by atoms with Crippen LogP contribution in [0.15, 0.2) is 71.3 Å². The molecular formula is C23H25N3O2. The van der Waals surface area contributed by atoms with Crippen LogP contribution in [-0.2, 0) is 17.8 Å². The topological polar surface area (TPSA) is 58.4 Å². The van der Waals surface area contributed by atoms with Gasteiger partial charge in [-0.25, -0.2) is 4.98 Å². The maximum Gasteiger partial charge on any atom is 0.220 e. The van der Waals surface area contributed by atoms with Crippen LogP contribution in [0, 0.1) is 0 Å². The summed E-state index contributed by atoms with van der Waals surface area (Å²) in [6.45, 7) is 2.85. The second-order valence-corrected chi connectivity index (χ2v) is 7.26. The highest BCUT2D eigenvalue weighted by atomic mass is 16.4. The minimum atomic E-state index is 0.0611. The largest absolute Gasteiger partial charge is 0.441 e. The van der Waals surface area contributed by atoms with E-state index in [4.69, 9.17) is 4.42 Å². The molecule has 2 heterocycles. The first-order chi connectivity index (χ1) is 13.8. The molecule has 0 bridgehead atoms. The van der Waals surface area contributed by atoms with Gasteiger partial charge >= 0.3 is 0 Å². The molecule has 0 spiro atoms. The second-order valence-electron chi connectivity index (χ2n) is 7.26. The number of nitrogens with zero attached hydrogens (tertiary/aromatic N) is 2. The first-order valence-electron chi connectivity index (χ1n) is 9.82. The maximum absolute atomic E-state index is 12.3. The Bertz CT molecular complexity index is 892. The predicted molar refractivity (Wildman–Crippen MR) is 109 cm³/mol. The van der Waals surface area contributed by atoms with E-state index < -0.39 is 0 Å². The number of likely N-dealkylation sites (tertiary alicyclic amines) is 1. The zero-order chi connectivity index (χ0) is 19.2. The molecule has 1 aliphatic rings. The van der Waals surface area contributed by atoms with Crippen molar-refractivity contribution in [1.29, 1.82) is 0 Å². The van der Waals surface area contributed by atoms with Gasteiger partial charge < -0.3 is 9.73 Å². The summed E-state index contributed by atoms with van der Waals surface area (Å²) >= 11 is 0. The average Bonchev–Trinajstić information content (AvgIpc) is 3.38. The van der Waals surface area contributed by atoms with Gasteiger partial charge in [-0.2, -0.15) is 0 Å². The van der Waals surface area contributed by atoms with E-state index in [2.05, 4.69) is 39.5 Å². The molecule has 1 atom stereocenters. The van der Waals surface area contributed by atoms with Crippen molar-refractivity contribution in [3.63, 3.8) is 0 Å². The maximum atomic E-state index is 12.3. The van der Waals surface area contributed by atoms with Crippen LogP contribution >= 0.6 is 0 Å². The van der Waals surface area contributed by atoms with E-state index in [1.54, 1.807) is 6.20 Å². The van der Waals surface area contributed by atoms with Crippen LogP contribution in [0.5, 0.6) is 0 Å². The SMILES string of the molecule is O=C(CCc1ncc(-c2ccccc2)o1)NC1CCN(Cc2ccccc2)C1. The zero-order valence-electron chi connectivity index (χ0n) is 15.9. The van der Waals surface area contributed by atoms with Crippen molar-refractivity contribution in [3.8, 4) is 11.3 Å². The fourth-order valence-electron chi connectivity index (χ4n) is 3.62. The van der Waals surface area contributed by atoms with Crippen molar-refractivity contribution in [2.75, 3.05) is 13.1 Å². The molecule has 28 heavy (non-hydrogen) atoms. The fraction of sp³-hybridized carbons (Fsp3) is 0.304. The van der Waals surface area contributed by atoms with Gasteiger partial charge in [-0.15, -0.1) is 0 Å². The fourth-order valence-corrected chi connectivity index (χ4v) is 3.62. The highest BCUT2D eigenvalue weighted by Crippen LogP contribution is 2.20. The zero-order valence-corrected chi connectivity index (χ0v) is 15.9. The van der Waals surface area contributed by atoms with Gasteiger partial charge in [-0.05, 0) is 12.0 Å². The van der Waals surface area contributed by atoms with Crippen LogP contribution in [0.4, 0.5) is 0 Å². The summed E-state index contributed by atoms with van der Waals surface area (Å²) in [5.41, 5.74) is 2.31. The summed E-state index contributed by atoms with van der Waals surface area (Å²) in [4.78, 5) is 19.0. The third kappa shape index (κ3) is 4.87. The number of carbonyl (C=O) groups excluding carboxylic acids is 1. The summed E-state index contributed by atoms with van der Waals surface area (Å²) in [6, 6.07) is 20.5. The summed E-state index contributed by atoms with van der Waals surface area (Å²) in [5.74, 6) is 1.40. The predicted octanol–water partition coefficient (Wildman–Crippen LogP) is 3.66. The first kappa shape index (κ1) is 18.4. The normalized spacial score (nSPS) is 16.9. The number of nitrogens with one attached hydrogen (secondary N) is 1. The lowest BCUT2D eigenvalue weighted by Gasteiger charge is -2.16. The molecule has 0 radical (unpaired) electrons. The summed E-state index contributed by atoms with van der Waals surface area (Å²) in [5, 5.41) is 3.15. The lowest BCUT2D eigenvalue weighted by Crippen LogP contribution is -2.37. The van der Waals surface area contributed by atoms with Crippen molar-refractivity contribution in [2.45, 2.75) is 31.8 Å². The van der Waals surface area contributed by atoms with Gasteiger partial charge in [0.1, 0.15) is 0 Å². The molecule has 0 aliphatic carbocycles. The van der Waals surface area contributed by atoms with E-state index in [9.17, 15) is 4.79 Å². The van der Waals surface area contributed by atoms with Gasteiger partial charge in [0, 0.05) is 44.1 Å². The second kappa shape index (κ2) is 8.85. The average molecular weight is 375 g/mol. The van der Waals surface area contributed by atoms with Crippen molar-refractivity contribution in [2.24, 2.45) is 0 Å². The number of aromatic nitrogens is 1. The number of amides is 1. The Kier molecular flexibility index (Phi) is 5.83. The van der Waals surface area contributed by atoms with Gasteiger partial charge in [0.2, 0.25) is 5.91 Å². The minimum Gasteiger partial charge on any atom is -0.441 e. The van der Waals surface area contributed by atoms with E-state index in [-0.39, 0.29) is 11.9 Å². The molecule has 2 aromatic carbocycles. The standard InChI is InChI=1S/C23H25N3O2/c27-22(11-12-23-24-15-21(28-23)19-9-5-2-6-10-19)25-20-13-14-26(17-20)16-18-7-3-1-4-8-18/h1-10,15,20H,11-14,16-17H2,(H,25,27). The number of benzene rings is 2. The Morgan fingerprint density at radius 1 is 1.11 bits per heavy atom. The minimum absolute atomic E-state index is 0.0611. The van der Waals surface area contributed by atoms with Crippen molar-refractivity contribution in [3.05, 3.63) is 78.3 Å². The number of hydrogen-bond acceptors (Lipinski definition) is 4. The van der Waals surface area contributed by atoms with E-state index >= 15 is 0 Å². The molecule has 1 N–H and O–H groups in total. The number of rotatable bonds is 7. The summed E-state index contributed by atoms with van der Waals surface area (Å²) in [7, 11) is 0. The van der Waals surface area contributed by atoms with Gasteiger partial charge in [0.25, 0.3) is 0 Å². The smallest absolute Gasteiger partial charge is 0.220 e. The quantitative estimate of drug-likeness (QED) is 0.685. The first-order valence-corrected chi connectivity index (χ1v) is 9.82. The molecule has 0 saturated carbocycles. The molecule has 1 aromatic heterocycles. The Hall–Kier alpha value is -2.92. The molecule has 3 aromatic rings. The molecule has 5 nitrogen and oxygen atoms in total. The molecule has 1 saturated heterocycles. The van der Waals surface area contributed by atoms with Crippen molar-refractivity contribution in [1.82, 2.24) is 15.2 Å². The van der Waals surface area contributed by atoms with Crippen LogP contribution in [0.3, 0.4) is 0 Å². The molecule has 1 amide bonds. The highest BCUT2D eigenvalue weighted by Gasteiger charge is 2.23. The third-order valence-electron chi connectivity index (χ3n) is 5.06. The molecular weight excluding hydrogens is 350 g/mol.